The first-order valence-electron chi connectivity index (χ1n) is 8.83. The molecular weight excluding hydrogens is 394 g/mol. The number of amides is 1. The van der Waals surface area contributed by atoms with E-state index in [1.165, 1.54) is 12.1 Å². The number of benzene rings is 1. The Morgan fingerprint density at radius 1 is 1.11 bits per heavy atom. The van der Waals surface area contributed by atoms with Gasteiger partial charge in [-0.2, -0.15) is 0 Å². The lowest BCUT2D eigenvalue weighted by Gasteiger charge is -2.38. The summed E-state index contributed by atoms with van der Waals surface area (Å²) in [6.45, 7) is 8.06. The van der Waals surface area contributed by atoms with Crippen LogP contribution in [0.5, 0.6) is 0 Å². The molecule has 9 heteroatoms. The van der Waals surface area contributed by atoms with Gasteiger partial charge >= 0.3 is 0 Å². The van der Waals surface area contributed by atoms with Crippen LogP contribution in [-0.2, 0) is 9.53 Å². The molecule has 1 saturated heterocycles. The number of methoxy groups -OCH3 is 1. The van der Waals surface area contributed by atoms with Crippen molar-refractivity contribution in [1.82, 2.24) is 15.5 Å². The normalized spacial score (nSPS) is 15.4. The van der Waals surface area contributed by atoms with Crippen molar-refractivity contribution in [3.05, 3.63) is 30.1 Å². The molecule has 0 saturated carbocycles. The molecule has 1 aliphatic heterocycles. The molecule has 156 valence electrons. The van der Waals surface area contributed by atoms with E-state index < -0.39 is 0 Å². The molecule has 1 amide bonds. The van der Waals surface area contributed by atoms with Gasteiger partial charge in [-0.1, -0.05) is 0 Å². The van der Waals surface area contributed by atoms with Crippen molar-refractivity contribution in [3.8, 4) is 0 Å². The predicted octanol–water partition coefficient (Wildman–Crippen LogP) is 1.53. The Kier molecular flexibility index (Phi) is 13.4. The second-order valence-corrected chi connectivity index (χ2v) is 6.21. The van der Waals surface area contributed by atoms with Crippen molar-refractivity contribution in [3.63, 3.8) is 0 Å². The van der Waals surface area contributed by atoms with E-state index in [-0.39, 0.29) is 42.6 Å². The van der Waals surface area contributed by atoms with Gasteiger partial charge in [-0.3, -0.25) is 9.69 Å². The summed E-state index contributed by atoms with van der Waals surface area (Å²) in [6, 6.07) is 6.43. The van der Waals surface area contributed by atoms with Crippen LogP contribution in [0.3, 0.4) is 0 Å². The van der Waals surface area contributed by atoms with Gasteiger partial charge in [0, 0.05) is 58.6 Å². The maximum absolute atomic E-state index is 13.0. The molecule has 27 heavy (non-hydrogen) atoms. The van der Waals surface area contributed by atoms with Crippen molar-refractivity contribution in [2.45, 2.75) is 13.0 Å². The summed E-state index contributed by atoms with van der Waals surface area (Å²) in [7, 11) is 1.67. The third kappa shape index (κ3) is 8.62. The molecule has 1 unspecified atom stereocenters. The second kappa shape index (κ2) is 14.0. The average molecular weight is 425 g/mol. The molecular formula is C18H31Cl2FN4O2. The minimum atomic E-state index is -0.218. The molecule has 1 heterocycles. The van der Waals surface area contributed by atoms with E-state index in [2.05, 4.69) is 20.4 Å². The Hall–Kier alpha value is -1.12. The van der Waals surface area contributed by atoms with Crippen LogP contribution < -0.4 is 15.5 Å². The van der Waals surface area contributed by atoms with E-state index in [1.54, 1.807) is 19.2 Å². The Balaban J connectivity index is 0.00000338. The number of ether oxygens (including phenoxy) is 1. The molecule has 6 nitrogen and oxygen atoms in total. The largest absolute Gasteiger partial charge is 0.383 e. The summed E-state index contributed by atoms with van der Waals surface area (Å²) < 4.78 is 18.0. The highest BCUT2D eigenvalue weighted by Crippen LogP contribution is 2.17. The van der Waals surface area contributed by atoms with Crippen LogP contribution in [0.2, 0.25) is 0 Å². The molecule has 0 aromatic heterocycles. The molecule has 0 spiro atoms. The standard InChI is InChI=1S/C18H29FN4O2.2ClH/c1-15(18(24)21-8-7-20-9-14-25-2)22-10-12-23(13-11-22)17-5-3-16(19)4-6-17;;/h3-6,15,20H,7-14H2,1-2H3,(H,21,24);2*1H. The Morgan fingerprint density at radius 3 is 2.33 bits per heavy atom. The molecule has 1 aromatic rings. The van der Waals surface area contributed by atoms with Gasteiger partial charge in [0.15, 0.2) is 0 Å². The lowest BCUT2D eigenvalue weighted by atomic mass is 10.2. The van der Waals surface area contributed by atoms with Crippen LogP contribution in [0.4, 0.5) is 10.1 Å². The van der Waals surface area contributed by atoms with Crippen LogP contribution in [-0.4, -0.2) is 76.4 Å². The van der Waals surface area contributed by atoms with Crippen molar-refractivity contribution in [1.29, 1.82) is 0 Å². The third-order valence-electron chi connectivity index (χ3n) is 4.52. The molecule has 2 N–H and O–H groups in total. The maximum Gasteiger partial charge on any atom is 0.237 e. The van der Waals surface area contributed by atoms with E-state index in [0.29, 0.717) is 13.2 Å². The lowest BCUT2D eigenvalue weighted by molar-refractivity contribution is -0.125. The lowest BCUT2D eigenvalue weighted by Crippen LogP contribution is -2.54. The van der Waals surface area contributed by atoms with E-state index in [1.807, 2.05) is 6.92 Å². The number of hydrogen-bond donors (Lipinski definition) is 2. The number of rotatable bonds is 9. The summed E-state index contributed by atoms with van der Waals surface area (Å²) in [5.74, 6) is -0.159. The highest BCUT2D eigenvalue weighted by atomic mass is 35.5. The number of anilines is 1. The van der Waals surface area contributed by atoms with Gasteiger partial charge in [-0.25, -0.2) is 4.39 Å². The Labute approximate surface area is 173 Å². The number of halogens is 3. The molecule has 0 aliphatic carbocycles. The number of piperazine rings is 1. The summed E-state index contributed by atoms with van der Waals surface area (Å²) in [5.41, 5.74) is 1.03. The number of hydrogen-bond acceptors (Lipinski definition) is 5. The van der Waals surface area contributed by atoms with Gasteiger partial charge < -0.3 is 20.3 Å². The Bertz CT molecular complexity index is 529. The third-order valence-corrected chi connectivity index (χ3v) is 4.52. The first-order chi connectivity index (χ1) is 12.1. The molecule has 1 aliphatic rings. The molecule has 1 atom stereocenters. The van der Waals surface area contributed by atoms with Crippen molar-refractivity contribution < 1.29 is 13.9 Å². The fourth-order valence-corrected chi connectivity index (χ4v) is 2.91. The van der Waals surface area contributed by atoms with Crippen LogP contribution in [0.15, 0.2) is 24.3 Å². The van der Waals surface area contributed by atoms with Gasteiger partial charge in [0.1, 0.15) is 5.82 Å². The van der Waals surface area contributed by atoms with Crippen LogP contribution in [0.25, 0.3) is 0 Å². The average Bonchev–Trinajstić information content (AvgIpc) is 2.64. The van der Waals surface area contributed by atoms with E-state index in [9.17, 15) is 9.18 Å². The monoisotopic (exact) mass is 424 g/mol. The Morgan fingerprint density at radius 2 is 1.74 bits per heavy atom. The van der Waals surface area contributed by atoms with Crippen molar-refractivity contribution in [2.24, 2.45) is 0 Å². The van der Waals surface area contributed by atoms with E-state index >= 15 is 0 Å². The smallest absolute Gasteiger partial charge is 0.237 e. The number of nitrogens with one attached hydrogen (secondary N) is 2. The zero-order valence-electron chi connectivity index (χ0n) is 15.9. The molecule has 0 bridgehead atoms. The first kappa shape index (κ1) is 25.9. The molecule has 1 aromatic carbocycles. The molecule has 2 rings (SSSR count). The minimum absolute atomic E-state index is 0. The SMILES string of the molecule is COCCNCCNC(=O)C(C)N1CCN(c2ccc(F)cc2)CC1.Cl.Cl. The zero-order valence-corrected chi connectivity index (χ0v) is 17.6. The predicted molar refractivity (Wildman–Crippen MR) is 112 cm³/mol. The fraction of sp³-hybridized carbons (Fsp3) is 0.611. The summed E-state index contributed by atoms with van der Waals surface area (Å²) in [6.07, 6.45) is 0. The number of nitrogens with zero attached hydrogens (tertiary/aromatic N) is 2. The zero-order chi connectivity index (χ0) is 18.1. The van der Waals surface area contributed by atoms with Crippen LogP contribution in [0.1, 0.15) is 6.92 Å². The van der Waals surface area contributed by atoms with Gasteiger partial charge in [0.05, 0.1) is 12.6 Å². The van der Waals surface area contributed by atoms with Gasteiger partial charge in [0.25, 0.3) is 0 Å². The van der Waals surface area contributed by atoms with Gasteiger partial charge in [-0.15, -0.1) is 24.8 Å². The highest BCUT2D eigenvalue weighted by molar-refractivity contribution is 5.85. The van der Waals surface area contributed by atoms with Crippen LogP contribution >= 0.6 is 24.8 Å². The second-order valence-electron chi connectivity index (χ2n) is 6.21. The van der Waals surface area contributed by atoms with E-state index in [0.717, 1.165) is 45.0 Å². The van der Waals surface area contributed by atoms with Crippen LogP contribution in [0, 0.1) is 5.82 Å². The maximum atomic E-state index is 13.0. The molecule has 0 radical (unpaired) electrons. The van der Waals surface area contributed by atoms with Gasteiger partial charge in [-0.05, 0) is 31.2 Å². The number of carbonyl (C=O) groups is 1. The van der Waals surface area contributed by atoms with Crippen molar-refractivity contribution in [2.75, 3.05) is 64.4 Å². The van der Waals surface area contributed by atoms with Gasteiger partial charge in [0.2, 0.25) is 5.91 Å². The first-order valence-corrected chi connectivity index (χ1v) is 8.83. The molecule has 1 fully saturated rings. The minimum Gasteiger partial charge on any atom is -0.383 e. The summed E-state index contributed by atoms with van der Waals surface area (Å²) in [5, 5.41) is 6.17. The number of carbonyl (C=O) groups excluding carboxylic acids is 1. The van der Waals surface area contributed by atoms with E-state index in [4.69, 9.17) is 4.74 Å². The summed E-state index contributed by atoms with van der Waals surface area (Å²) in [4.78, 5) is 16.7. The summed E-state index contributed by atoms with van der Waals surface area (Å²) >= 11 is 0. The fourth-order valence-electron chi connectivity index (χ4n) is 2.91. The van der Waals surface area contributed by atoms with Crippen molar-refractivity contribution >= 4 is 36.4 Å². The quantitative estimate of drug-likeness (QED) is 0.588. The topological polar surface area (TPSA) is 56.8 Å². The highest BCUT2D eigenvalue weighted by Gasteiger charge is 2.25.